The van der Waals surface area contributed by atoms with Gasteiger partial charge in [0, 0.05) is 29.1 Å². The van der Waals surface area contributed by atoms with Gasteiger partial charge in [0.1, 0.15) is 4.90 Å². The van der Waals surface area contributed by atoms with E-state index >= 15 is 0 Å². The van der Waals surface area contributed by atoms with Gasteiger partial charge < -0.3 is 15.0 Å². The van der Waals surface area contributed by atoms with E-state index in [0.29, 0.717) is 6.07 Å². The van der Waals surface area contributed by atoms with Crippen molar-refractivity contribution in [1.82, 2.24) is 4.57 Å². The van der Waals surface area contributed by atoms with Crippen LogP contribution in [-0.4, -0.2) is 67.3 Å². The number of anilines is 2. The molecule has 1 aromatic heterocycles. The van der Waals surface area contributed by atoms with E-state index in [9.17, 15) is 53.5 Å². The summed E-state index contributed by atoms with van der Waals surface area (Å²) in [4.78, 5) is 51.1. The van der Waals surface area contributed by atoms with Gasteiger partial charge in [-0.2, -0.15) is 16.8 Å². The molecule has 1 heterocycles. The number of aryl methyl sites for hydroxylation is 1. The summed E-state index contributed by atoms with van der Waals surface area (Å²) in [7, 11) is -12.8. The zero-order chi connectivity index (χ0) is 37.2. The number of hydrogen-bond acceptors (Lipinski definition) is 11. The molecule has 4 N–H and O–H groups in total. The van der Waals surface area contributed by atoms with E-state index in [1.165, 1.54) is 49.5 Å². The zero-order valence-electron chi connectivity index (χ0n) is 26.0. The quantitative estimate of drug-likeness (QED) is 0.116. The van der Waals surface area contributed by atoms with E-state index in [0.717, 1.165) is 28.8 Å². The van der Waals surface area contributed by atoms with Crippen LogP contribution >= 0.6 is 0 Å². The van der Waals surface area contributed by atoms with E-state index in [1.54, 1.807) is 6.07 Å². The van der Waals surface area contributed by atoms with E-state index in [4.69, 9.17) is 5.11 Å². The smallest absolute Gasteiger partial charge is 0.304 e. The highest BCUT2D eigenvalue weighted by Crippen LogP contribution is 2.44. The van der Waals surface area contributed by atoms with E-state index in [1.807, 2.05) is 0 Å². The van der Waals surface area contributed by atoms with Gasteiger partial charge in [-0.05, 0) is 48.0 Å². The van der Waals surface area contributed by atoms with Crippen molar-refractivity contribution in [2.24, 2.45) is 7.05 Å². The second-order valence-electron chi connectivity index (χ2n) is 11.4. The number of nitrogens with one attached hydrogen (secondary N) is 1. The lowest BCUT2D eigenvalue weighted by atomic mass is 9.80. The molecule has 0 fully saturated rings. The standard InChI is InChI=1S/C33H24N2O13S3/c1-35-24-12-11-23(34-22-10-9-18(16-25(22)51(46,47)48)49(41,42)14-13-26(36)37)28-29(24)27(20-7-2-3-8-21(20)32(28)39)30(33(35)40)31(38)17-5-4-6-19(15-17)50(43,44)45/h2-12,15-16,34H,13-14H2,1H3,(H,36,37)(H,43,44,45)(H,46,47,48). The van der Waals surface area contributed by atoms with Crippen molar-refractivity contribution in [3.63, 3.8) is 0 Å². The highest BCUT2D eigenvalue weighted by atomic mass is 32.2. The molecule has 262 valence electrons. The average Bonchev–Trinajstić information content (AvgIpc) is 3.07. The average molecular weight is 753 g/mol. The predicted octanol–water partition coefficient (Wildman–Crippen LogP) is 3.47. The van der Waals surface area contributed by atoms with Crippen molar-refractivity contribution in [3.8, 4) is 11.1 Å². The fourth-order valence-electron chi connectivity index (χ4n) is 5.93. The Morgan fingerprint density at radius 1 is 0.745 bits per heavy atom. The molecule has 0 radical (unpaired) electrons. The third-order valence-electron chi connectivity index (χ3n) is 8.30. The molecule has 0 saturated carbocycles. The number of carbonyl (C=O) groups excluding carboxylic acids is 2. The molecule has 0 bridgehead atoms. The molecule has 5 aromatic rings. The first-order valence-electron chi connectivity index (χ1n) is 14.6. The van der Waals surface area contributed by atoms with Crippen LogP contribution in [0.15, 0.2) is 98.3 Å². The first-order chi connectivity index (χ1) is 23.8. The first-order valence-corrected chi connectivity index (χ1v) is 19.1. The number of aliphatic carboxylic acids is 1. The molecule has 0 atom stereocenters. The minimum Gasteiger partial charge on any atom is -0.481 e. The largest absolute Gasteiger partial charge is 0.481 e. The molecule has 0 amide bonds. The van der Waals surface area contributed by atoms with Gasteiger partial charge in [0.2, 0.25) is 0 Å². The molecule has 1 aliphatic rings. The summed E-state index contributed by atoms with van der Waals surface area (Å²) < 4.78 is 95.0. The van der Waals surface area contributed by atoms with Crippen molar-refractivity contribution < 1.29 is 53.8 Å². The summed E-state index contributed by atoms with van der Waals surface area (Å²) >= 11 is 0. The minimum atomic E-state index is -5.14. The number of benzene rings is 4. The number of ketones is 2. The Morgan fingerprint density at radius 3 is 2.06 bits per heavy atom. The summed E-state index contributed by atoms with van der Waals surface area (Å²) in [5.74, 6) is -3.81. The van der Waals surface area contributed by atoms with Crippen LogP contribution in [0.3, 0.4) is 0 Å². The van der Waals surface area contributed by atoms with E-state index < -0.39 is 85.6 Å². The van der Waals surface area contributed by atoms with Crippen LogP contribution in [-0.2, 0) is 41.9 Å². The van der Waals surface area contributed by atoms with Gasteiger partial charge in [0.15, 0.2) is 21.4 Å². The second-order valence-corrected chi connectivity index (χ2v) is 16.3. The number of sulfone groups is 1. The summed E-state index contributed by atoms with van der Waals surface area (Å²) in [5.41, 5.74) is -1.65. The van der Waals surface area contributed by atoms with Gasteiger partial charge in [-0.25, -0.2) is 8.42 Å². The molecular weight excluding hydrogens is 729 g/mol. The van der Waals surface area contributed by atoms with Crippen LogP contribution in [0.5, 0.6) is 0 Å². The number of nitrogens with zero attached hydrogens (tertiary/aromatic N) is 1. The normalized spacial score (nSPS) is 12.8. The molecule has 0 aliphatic heterocycles. The number of aromatic nitrogens is 1. The van der Waals surface area contributed by atoms with Gasteiger partial charge in [-0.3, -0.25) is 28.3 Å². The van der Waals surface area contributed by atoms with Gasteiger partial charge >= 0.3 is 5.97 Å². The summed E-state index contributed by atoms with van der Waals surface area (Å²) in [5, 5.41) is 11.8. The minimum absolute atomic E-state index is 0.0130. The number of carbonyl (C=O) groups is 3. The lowest BCUT2D eigenvalue weighted by Gasteiger charge is -2.26. The molecule has 18 heteroatoms. The maximum Gasteiger partial charge on any atom is 0.304 e. The Balaban J connectivity index is 1.62. The van der Waals surface area contributed by atoms with Crippen LogP contribution in [0, 0.1) is 0 Å². The fraction of sp³-hybridized carbons (Fsp3) is 0.0909. The second kappa shape index (κ2) is 12.4. The van der Waals surface area contributed by atoms with Gasteiger partial charge in [0.25, 0.3) is 25.8 Å². The highest BCUT2D eigenvalue weighted by molar-refractivity contribution is 7.91. The van der Waals surface area contributed by atoms with Gasteiger partial charge in [-0.15, -0.1) is 0 Å². The molecule has 1 aliphatic carbocycles. The molecule has 51 heavy (non-hydrogen) atoms. The Bertz CT molecular complexity index is 2790. The van der Waals surface area contributed by atoms with Crippen molar-refractivity contribution in [3.05, 3.63) is 111 Å². The van der Waals surface area contributed by atoms with Crippen molar-refractivity contribution in [1.29, 1.82) is 0 Å². The molecule has 0 spiro atoms. The lowest BCUT2D eigenvalue weighted by molar-refractivity contribution is -0.136. The maximum absolute atomic E-state index is 14.2. The number of carboxylic acid groups (broad SMARTS) is 1. The number of rotatable bonds is 10. The third kappa shape index (κ3) is 6.23. The molecule has 0 unspecified atom stereocenters. The van der Waals surface area contributed by atoms with Crippen LogP contribution in [0.4, 0.5) is 11.4 Å². The van der Waals surface area contributed by atoms with Crippen LogP contribution in [0.25, 0.3) is 22.0 Å². The topological polar surface area (TPSA) is 248 Å². The number of carboxylic acids is 1. The van der Waals surface area contributed by atoms with Crippen LogP contribution in [0.1, 0.15) is 38.3 Å². The monoisotopic (exact) mass is 752 g/mol. The fourth-order valence-corrected chi connectivity index (χ4v) is 8.45. The Kier molecular flexibility index (Phi) is 8.55. The maximum atomic E-state index is 14.2. The number of pyridine rings is 1. The predicted molar refractivity (Wildman–Crippen MR) is 182 cm³/mol. The Hall–Kier alpha value is -5.53. The van der Waals surface area contributed by atoms with Crippen LogP contribution < -0.4 is 10.9 Å². The van der Waals surface area contributed by atoms with Crippen molar-refractivity contribution in [2.45, 2.75) is 21.1 Å². The highest BCUT2D eigenvalue weighted by Gasteiger charge is 2.35. The number of hydrogen-bond donors (Lipinski definition) is 4. The zero-order valence-corrected chi connectivity index (χ0v) is 28.5. The summed E-state index contributed by atoms with van der Waals surface area (Å²) in [6.07, 6.45) is -0.769. The lowest BCUT2D eigenvalue weighted by Crippen LogP contribution is -2.29. The molecule has 15 nitrogen and oxygen atoms in total. The number of fused-ring (bicyclic) bond motifs is 2. The first kappa shape index (κ1) is 35.3. The van der Waals surface area contributed by atoms with Gasteiger partial charge in [0.05, 0.1) is 50.0 Å². The summed E-state index contributed by atoms with van der Waals surface area (Å²) in [6.45, 7) is 0. The molecular formula is C33H24N2O13S3. The Labute approximate surface area is 289 Å². The van der Waals surface area contributed by atoms with E-state index in [2.05, 4.69) is 5.32 Å². The molecule has 4 aromatic carbocycles. The Morgan fingerprint density at radius 2 is 1.41 bits per heavy atom. The molecule has 6 rings (SSSR count). The van der Waals surface area contributed by atoms with Gasteiger partial charge in [-0.1, -0.05) is 36.4 Å². The van der Waals surface area contributed by atoms with Crippen molar-refractivity contribution in [2.75, 3.05) is 11.1 Å². The SMILES string of the molecule is Cn1c(=O)c(C(=O)c2cccc(S(=O)(=O)O)c2)c2c3c(c(Nc4ccc(S(=O)(=O)CCC(=O)O)cc4S(=O)(=O)O)ccc31)C(=O)c1ccccc1-2. The van der Waals surface area contributed by atoms with E-state index in [-0.39, 0.29) is 50.1 Å². The third-order valence-corrected chi connectivity index (χ3v) is 11.8. The molecule has 0 saturated heterocycles. The van der Waals surface area contributed by atoms with Crippen molar-refractivity contribution >= 4 is 69.9 Å². The van der Waals surface area contributed by atoms with Crippen LogP contribution in [0.2, 0.25) is 0 Å². The summed E-state index contributed by atoms with van der Waals surface area (Å²) in [6, 6.07) is 15.9.